The largest absolute Gasteiger partial charge is 0.495 e. The fourth-order valence-electron chi connectivity index (χ4n) is 4.49. The Balaban J connectivity index is 1.38. The van der Waals surface area contributed by atoms with Crippen LogP contribution in [0.2, 0.25) is 5.02 Å². The maximum Gasteiger partial charge on any atom is 0.159 e. The summed E-state index contributed by atoms with van der Waals surface area (Å²) >= 11 is 6.26. The van der Waals surface area contributed by atoms with Gasteiger partial charge in [-0.25, -0.2) is 4.98 Å². The predicted octanol–water partition coefficient (Wildman–Crippen LogP) is 3.40. The van der Waals surface area contributed by atoms with Gasteiger partial charge in [0.25, 0.3) is 0 Å². The zero-order valence-electron chi connectivity index (χ0n) is 19.7. The Kier molecular flexibility index (Phi) is 6.59. The van der Waals surface area contributed by atoms with Crippen molar-refractivity contribution in [3.8, 4) is 11.8 Å². The molecule has 4 aromatic rings. The van der Waals surface area contributed by atoms with E-state index in [1.807, 2.05) is 30.3 Å². The van der Waals surface area contributed by atoms with Gasteiger partial charge in [-0.3, -0.25) is 4.68 Å². The second-order valence-corrected chi connectivity index (χ2v) is 9.28. The second-order valence-electron chi connectivity index (χ2n) is 8.87. The monoisotopic (exact) mass is 504 g/mol. The standard InChI is InChI=1S/C25H25ClN8O2/c1-36-22-5-3-18(11-21(22)26)13-29-23-20-10-17(12-27)2-4-19(20)24(32-31-23)33-8-6-25(35,7-9-33)14-34-16-28-15-30-34/h2-5,10-11,15-16,35H,6-9,13-14H2,1H3,(H,29,31). The molecule has 10 nitrogen and oxygen atoms in total. The lowest BCUT2D eigenvalue weighted by atomic mass is 9.91. The molecular weight excluding hydrogens is 480 g/mol. The van der Waals surface area contributed by atoms with E-state index in [9.17, 15) is 10.4 Å². The molecule has 184 valence electrons. The summed E-state index contributed by atoms with van der Waals surface area (Å²) < 4.78 is 6.88. The molecule has 0 radical (unpaired) electrons. The lowest BCUT2D eigenvalue weighted by Crippen LogP contribution is -2.47. The van der Waals surface area contributed by atoms with Gasteiger partial charge in [0.2, 0.25) is 0 Å². The Morgan fingerprint density at radius 3 is 2.69 bits per heavy atom. The van der Waals surface area contributed by atoms with Gasteiger partial charge in [0.15, 0.2) is 11.6 Å². The van der Waals surface area contributed by atoms with Crippen molar-refractivity contribution < 1.29 is 9.84 Å². The van der Waals surface area contributed by atoms with Gasteiger partial charge in [-0.05, 0) is 48.7 Å². The number of fused-ring (bicyclic) bond motifs is 1. The van der Waals surface area contributed by atoms with Gasteiger partial charge in [-0.1, -0.05) is 17.7 Å². The van der Waals surface area contributed by atoms with E-state index in [-0.39, 0.29) is 0 Å². The first-order valence-electron chi connectivity index (χ1n) is 11.5. The smallest absolute Gasteiger partial charge is 0.159 e. The van der Waals surface area contributed by atoms with Crippen LogP contribution in [0, 0.1) is 11.3 Å². The van der Waals surface area contributed by atoms with Crippen molar-refractivity contribution in [1.29, 1.82) is 5.26 Å². The molecule has 0 unspecified atom stereocenters. The van der Waals surface area contributed by atoms with Crippen LogP contribution in [0.3, 0.4) is 0 Å². The highest BCUT2D eigenvalue weighted by atomic mass is 35.5. The van der Waals surface area contributed by atoms with Crippen molar-refractivity contribution in [2.45, 2.75) is 31.5 Å². The van der Waals surface area contributed by atoms with E-state index in [0.717, 1.165) is 22.2 Å². The number of rotatable bonds is 7. The normalized spacial score (nSPS) is 15.0. The van der Waals surface area contributed by atoms with Gasteiger partial charge in [0.1, 0.15) is 18.4 Å². The summed E-state index contributed by atoms with van der Waals surface area (Å²) in [6.45, 7) is 2.11. The third-order valence-electron chi connectivity index (χ3n) is 6.48. The molecule has 1 aliphatic heterocycles. The first kappa shape index (κ1) is 23.8. The first-order chi connectivity index (χ1) is 17.5. The van der Waals surface area contributed by atoms with Crippen LogP contribution in [-0.2, 0) is 13.1 Å². The third kappa shape index (κ3) is 4.89. The molecule has 1 saturated heterocycles. The highest BCUT2D eigenvalue weighted by Crippen LogP contribution is 2.33. The van der Waals surface area contributed by atoms with Crippen LogP contribution >= 0.6 is 11.6 Å². The molecule has 11 heteroatoms. The van der Waals surface area contributed by atoms with Crippen molar-refractivity contribution in [2.75, 3.05) is 30.4 Å². The average Bonchev–Trinajstić information content (AvgIpc) is 3.40. The zero-order valence-corrected chi connectivity index (χ0v) is 20.5. The third-order valence-corrected chi connectivity index (χ3v) is 6.78. The number of aliphatic hydroxyl groups is 1. The second kappa shape index (κ2) is 9.97. The highest BCUT2D eigenvalue weighted by Gasteiger charge is 2.34. The number of methoxy groups -OCH3 is 1. The van der Waals surface area contributed by atoms with Crippen molar-refractivity contribution in [2.24, 2.45) is 0 Å². The Morgan fingerprint density at radius 1 is 1.17 bits per heavy atom. The van der Waals surface area contributed by atoms with Crippen molar-refractivity contribution >= 4 is 34.0 Å². The number of nitriles is 1. The van der Waals surface area contributed by atoms with E-state index >= 15 is 0 Å². The van der Waals surface area contributed by atoms with Crippen LogP contribution < -0.4 is 15.0 Å². The predicted molar refractivity (Wildman–Crippen MR) is 136 cm³/mol. The van der Waals surface area contributed by atoms with Gasteiger partial charge in [0, 0.05) is 30.4 Å². The molecule has 3 heterocycles. The number of hydrogen-bond donors (Lipinski definition) is 2. The minimum absolute atomic E-state index is 0.400. The SMILES string of the molecule is COc1ccc(CNc2nnc(N3CCC(O)(Cn4cncn4)CC3)c3ccc(C#N)cc23)cc1Cl. The number of halogens is 1. The zero-order chi connectivity index (χ0) is 25.1. The highest BCUT2D eigenvalue weighted by molar-refractivity contribution is 6.32. The summed E-state index contributed by atoms with van der Waals surface area (Å²) in [6, 6.07) is 13.3. The van der Waals surface area contributed by atoms with E-state index in [1.165, 1.54) is 6.33 Å². The lowest BCUT2D eigenvalue weighted by Gasteiger charge is -2.38. The van der Waals surface area contributed by atoms with Crippen molar-refractivity contribution in [3.05, 3.63) is 65.2 Å². The average molecular weight is 505 g/mol. The number of anilines is 2. The molecule has 36 heavy (non-hydrogen) atoms. The van der Waals surface area contributed by atoms with Gasteiger partial charge in [-0.15, -0.1) is 10.2 Å². The Labute approximate surface area is 213 Å². The fraction of sp³-hybridized carbons (Fsp3) is 0.320. The maximum absolute atomic E-state index is 11.0. The molecule has 1 aliphatic rings. The summed E-state index contributed by atoms with van der Waals surface area (Å²) in [5.41, 5.74) is 0.638. The molecule has 0 spiro atoms. The molecule has 2 aromatic carbocycles. The Morgan fingerprint density at radius 2 is 2.00 bits per heavy atom. The molecule has 0 aliphatic carbocycles. The number of piperidine rings is 1. The molecule has 2 N–H and O–H groups in total. The van der Waals surface area contributed by atoms with E-state index in [2.05, 4.69) is 36.6 Å². The molecule has 0 atom stereocenters. The van der Waals surface area contributed by atoms with Crippen LogP contribution in [0.15, 0.2) is 49.1 Å². The Bertz CT molecular complexity index is 1410. The molecule has 5 rings (SSSR count). The fourth-order valence-corrected chi connectivity index (χ4v) is 4.77. The Hall–Kier alpha value is -3.94. The number of ether oxygens (including phenoxy) is 1. The number of hydrogen-bond acceptors (Lipinski definition) is 9. The topological polar surface area (TPSA) is 125 Å². The van der Waals surface area contributed by atoms with Gasteiger partial charge < -0.3 is 20.1 Å². The van der Waals surface area contributed by atoms with Crippen LogP contribution in [-0.4, -0.2) is 55.9 Å². The summed E-state index contributed by atoms with van der Waals surface area (Å²) in [5, 5.41) is 39.2. The minimum atomic E-state index is -0.859. The van der Waals surface area contributed by atoms with E-state index in [4.69, 9.17) is 16.3 Å². The van der Waals surface area contributed by atoms with Gasteiger partial charge in [-0.2, -0.15) is 10.4 Å². The van der Waals surface area contributed by atoms with E-state index in [0.29, 0.717) is 61.2 Å². The van der Waals surface area contributed by atoms with Crippen molar-refractivity contribution in [1.82, 2.24) is 25.0 Å². The molecular formula is C25H25ClN8O2. The van der Waals surface area contributed by atoms with Gasteiger partial charge in [0.05, 0.1) is 35.9 Å². The summed E-state index contributed by atoms with van der Waals surface area (Å²) in [4.78, 5) is 6.08. The van der Waals surface area contributed by atoms with E-state index in [1.54, 1.807) is 24.2 Å². The van der Waals surface area contributed by atoms with Crippen LogP contribution in [0.5, 0.6) is 5.75 Å². The summed E-state index contributed by atoms with van der Waals surface area (Å²) in [6.07, 6.45) is 4.20. The molecule has 0 saturated carbocycles. The number of nitrogens with one attached hydrogen (secondary N) is 1. The minimum Gasteiger partial charge on any atom is -0.495 e. The molecule has 1 fully saturated rings. The van der Waals surface area contributed by atoms with Crippen LogP contribution in [0.1, 0.15) is 24.0 Å². The lowest BCUT2D eigenvalue weighted by molar-refractivity contribution is -0.00319. The van der Waals surface area contributed by atoms with Gasteiger partial charge >= 0.3 is 0 Å². The summed E-state index contributed by atoms with van der Waals surface area (Å²) in [5.74, 6) is 1.93. The number of nitrogens with zero attached hydrogens (tertiary/aromatic N) is 7. The molecule has 2 aromatic heterocycles. The number of aromatic nitrogens is 5. The maximum atomic E-state index is 11.0. The molecule has 0 amide bonds. The van der Waals surface area contributed by atoms with Crippen molar-refractivity contribution in [3.63, 3.8) is 0 Å². The van der Waals surface area contributed by atoms with E-state index < -0.39 is 5.60 Å². The quantitative estimate of drug-likeness (QED) is 0.389. The number of benzene rings is 2. The summed E-state index contributed by atoms with van der Waals surface area (Å²) in [7, 11) is 1.58. The van der Waals surface area contributed by atoms with Crippen LogP contribution in [0.25, 0.3) is 10.8 Å². The first-order valence-corrected chi connectivity index (χ1v) is 11.9. The molecule has 0 bridgehead atoms. The van der Waals surface area contributed by atoms with Crippen LogP contribution in [0.4, 0.5) is 11.6 Å².